The second-order valence-corrected chi connectivity index (χ2v) is 6.41. The van der Waals surface area contributed by atoms with E-state index < -0.39 is 0 Å². The molecule has 2 rings (SSSR count). The summed E-state index contributed by atoms with van der Waals surface area (Å²) in [7, 11) is 0. The van der Waals surface area contributed by atoms with Crippen LogP contribution in [0.5, 0.6) is 0 Å². The molecule has 1 fully saturated rings. The first-order valence-corrected chi connectivity index (χ1v) is 7.45. The smallest absolute Gasteiger partial charge is 0.0593 e. The minimum absolute atomic E-state index is 0.580. The number of halogens is 2. The fraction of sp³-hybridized carbons (Fsp3) is 0.571. The van der Waals surface area contributed by atoms with E-state index in [-0.39, 0.29) is 0 Å². The van der Waals surface area contributed by atoms with Crippen molar-refractivity contribution in [2.75, 3.05) is 5.32 Å². The molecule has 1 aliphatic carbocycles. The third kappa shape index (κ3) is 3.17. The van der Waals surface area contributed by atoms with Gasteiger partial charge >= 0.3 is 0 Å². The highest BCUT2D eigenvalue weighted by Crippen LogP contribution is 2.34. The van der Waals surface area contributed by atoms with Gasteiger partial charge in [0.1, 0.15) is 0 Å². The van der Waals surface area contributed by atoms with Crippen LogP contribution in [0.1, 0.15) is 33.1 Å². The van der Waals surface area contributed by atoms with Crippen LogP contribution >= 0.6 is 27.5 Å². The van der Waals surface area contributed by atoms with Crippen molar-refractivity contribution in [3.63, 3.8) is 0 Å². The van der Waals surface area contributed by atoms with E-state index >= 15 is 0 Å². The van der Waals surface area contributed by atoms with Gasteiger partial charge in [0, 0.05) is 6.04 Å². The first kappa shape index (κ1) is 13.2. The van der Waals surface area contributed by atoms with Crippen molar-refractivity contribution < 1.29 is 0 Å². The van der Waals surface area contributed by atoms with Gasteiger partial charge in [-0.3, -0.25) is 0 Å². The number of hydrogen-bond acceptors (Lipinski definition) is 1. The van der Waals surface area contributed by atoms with Gasteiger partial charge in [0.25, 0.3) is 0 Å². The Bertz CT molecular complexity index is 394. The zero-order chi connectivity index (χ0) is 12.4. The Kier molecular flexibility index (Phi) is 4.37. The highest BCUT2D eigenvalue weighted by molar-refractivity contribution is 9.10. The summed E-state index contributed by atoms with van der Waals surface area (Å²) in [5, 5.41) is 4.38. The largest absolute Gasteiger partial charge is 0.381 e. The van der Waals surface area contributed by atoms with Crippen LogP contribution in [0.25, 0.3) is 0 Å². The number of anilines is 1. The fourth-order valence-corrected chi connectivity index (χ4v) is 3.07. The van der Waals surface area contributed by atoms with Crippen molar-refractivity contribution in [3.8, 4) is 0 Å². The lowest BCUT2D eigenvalue weighted by Gasteiger charge is -2.33. The van der Waals surface area contributed by atoms with Crippen LogP contribution in [0.15, 0.2) is 22.7 Å². The van der Waals surface area contributed by atoms with E-state index in [2.05, 4.69) is 41.2 Å². The first-order chi connectivity index (χ1) is 8.08. The molecule has 17 heavy (non-hydrogen) atoms. The summed E-state index contributed by atoms with van der Waals surface area (Å²) in [5.74, 6) is 1.66. The summed E-state index contributed by atoms with van der Waals surface area (Å²) in [6, 6.07) is 6.56. The van der Waals surface area contributed by atoms with E-state index in [1.807, 2.05) is 12.1 Å². The van der Waals surface area contributed by atoms with E-state index in [4.69, 9.17) is 11.6 Å². The molecule has 0 aliphatic heterocycles. The van der Waals surface area contributed by atoms with Crippen LogP contribution in [-0.4, -0.2) is 6.04 Å². The molecule has 0 saturated heterocycles. The number of benzene rings is 1. The molecule has 1 N–H and O–H groups in total. The lowest BCUT2D eigenvalue weighted by Crippen LogP contribution is -2.30. The summed E-state index contributed by atoms with van der Waals surface area (Å²) in [6.45, 7) is 4.71. The molecule has 0 heterocycles. The van der Waals surface area contributed by atoms with Crippen molar-refractivity contribution in [3.05, 3.63) is 27.7 Å². The van der Waals surface area contributed by atoms with E-state index in [1.54, 1.807) is 0 Å². The van der Waals surface area contributed by atoms with Crippen molar-refractivity contribution in [2.24, 2.45) is 11.8 Å². The van der Waals surface area contributed by atoms with Gasteiger partial charge in [0.2, 0.25) is 0 Å². The van der Waals surface area contributed by atoms with Gasteiger partial charge in [-0.2, -0.15) is 0 Å². The first-order valence-electron chi connectivity index (χ1n) is 6.28. The molecule has 3 heteroatoms. The number of rotatable bonds is 2. The molecule has 3 atom stereocenters. The van der Waals surface area contributed by atoms with Gasteiger partial charge in [-0.1, -0.05) is 31.5 Å². The second kappa shape index (κ2) is 5.62. The van der Waals surface area contributed by atoms with Crippen LogP contribution in [0.2, 0.25) is 5.02 Å². The lowest BCUT2D eigenvalue weighted by atomic mass is 9.79. The van der Waals surface area contributed by atoms with Gasteiger partial charge in [-0.05, 0) is 59.2 Å². The van der Waals surface area contributed by atoms with Crippen LogP contribution in [-0.2, 0) is 0 Å². The predicted molar refractivity (Wildman–Crippen MR) is 78.7 cm³/mol. The quantitative estimate of drug-likeness (QED) is 0.776. The normalized spacial score (nSPS) is 29.1. The fourth-order valence-electron chi connectivity index (χ4n) is 2.51. The van der Waals surface area contributed by atoms with Gasteiger partial charge < -0.3 is 5.32 Å². The number of nitrogens with one attached hydrogen (secondary N) is 1. The Balaban J connectivity index is 2.04. The molecule has 1 aromatic carbocycles. The van der Waals surface area contributed by atoms with E-state index in [9.17, 15) is 0 Å². The molecule has 0 radical (unpaired) electrons. The van der Waals surface area contributed by atoms with Crippen LogP contribution in [0.4, 0.5) is 5.69 Å². The summed E-state index contributed by atoms with van der Waals surface area (Å²) in [4.78, 5) is 0. The summed E-state index contributed by atoms with van der Waals surface area (Å²) in [5.41, 5.74) is 1.12. The third-order valence-electron chi connectivity index (χ3n) is 3.91. The molecule has 1 nitrogen and oxygen atoms in total. The maximum Gasteiger partial charge on any atom is 0.0593 e. The van der Waals surface area contributed by atoms with Gasteiger partial charge in [0.15, 0.2) is 0 Å². The summed E-state index contributed by atoms with van der Waals surface area (Å²) < 4.78 is 0.980. The minimum atomic E-state index is 0.580. The molecule has 94 valence electrons. The summed E-state index contributed by atoms with van der Waals surface area (Å²) in [6.07, 6.45) is 3.82. The Morgan fingerprint density at radius 1 is 1.24 bits per heavy atom. The lowest BCUT2D eigenvalue weighted by molar-refractivity contribution is 0.261. The van der Waals surface area contributed by atoms with E-state index in [0.717, 1.165) is 27.0 Å². The molecule has 0 spiro atoms. The monoisotopic (exact) mass is 315 g/mol. The van der Waals surface area contributed by atoms with Gasteiger partial charge in [0.05, 0.1) is 15.2 Å². The Morgan fingerprint density at radius 2 is 2.00 bits per heavy atom. The van der Waals surface area contributed by atoms with Crippen LogP contribution in [0, 0.1) is 11.8 Å². The Morgan fingerprint density at radius 3 is 2.71 bits per heavy atom. The minimum Gasteiger partial charge on any atom is -0.381 e. The molecule has 0 bridgehead atoms. The topological polar surface area (TPSA) is 12.0 Å². The standard InChI is InChI=1S/C14H19BrClN/c1-9-6-7-11(8-10(9)2)17-13-5-3-4-12(16)14(13)15/h3-5,9-11,17H,6-8H2,1-2H3. The summed E-state index contributed by atoms with van der Waals surface area (Å²) >= 11 is 9.64. The van der Waals surface area contributed by atoms with Crippen molar-refractivity contribution in [1.82, 2.24) is 0 Å². The van der Waals surface area contributed by atoms with Crippen molar-refractivity contribution in [1.29, 1.82) is 0 Å². The second-order valence-electron chi connectivity index (χ2n) is 5.21. The molecular formula is C14H19BrClN. The van der Waals surface area contributed by atoms with Crippen molar-refractivity contribution >= 4 is 33.2 Å². The third-order valence-corrected chi connectivity index (χ3v) is 5.31. The van der Waals surface area contributed by atoms with Gasteiger partial charge in [-0.15, -0.1) is 0 Å². The molecule has 0 amide bonds. The van der Waals surface area contributed by atoms with Gasteiger partial charge in [-0.25, -0.2) is 0 Å². The van der Waals surface area contributed by atoms with Crippen molar-refractivity contribution in [2.45, 2.75) is 39.2 Å². The predicted octanol–water partition coefficient (Wildman–Crippen LogP) is 5.34. The van der Waals surface area contributed by atoms with Crippen LogP contribution in [0.3, 0.4) is 0 Å². The average molecular weight is 317 g/mol. The molecule has 0 aromatic heterocycles. The maximum atomic E-state index is 6.10. The average Bonchev–Trinajstić information content (AvgIpc) is 2.30. The zero-order valence-corrected chi connectivity index (χ0v) is 12.7. The zero-order valence-electron chi connectivity index (χ0n) is 10.3. The van der Waals surface area contributed by atoms with Crippen LogP contribution < -0.4 is 5.32 Å². The SMILES string of the molecule is CC1CCC(Nc2cccc(Cl)c2Br)CC1C. The Labute approximate surface area is 117 Å². The number of hydrogen-bond donors (Lipinski definition) is 1. The molecule has 1 saturated carbocycles. The highest BCUT2D eigenvalue weighted by Gasteiger charge is 2.24. The molecule has 1 aliphatic rings. The molecule has 3 unspecified atom stereocenters. The molecule has 1 aromatic rings. The molecular weight excluding hydrogens is 298 g/mol. The van der Waals surface area contributed by atoms with E-state index in [0.29, 0.717) is 6.04 Å². The highest BCUT2D eigenvalue weighted by atomic mass is 79.9. The Hall–Kier alpha value is -0.210. The van der Waals surface area contributed by atoms with E-state index in [1.165, 1.54) is 19.3 Å². The maximum absolute atomic E-state index is 6.10.